The molecule has 0 spiro atoms. The summed E-state index contributed by atoms with van der Waals surface area (Å²) in [5, 5.41) is 8.64. The van der Waals surface area contributed by atoms with Crippen LogP contribution in [0.1, 0.15) is 26.0 Å². The molecule has 5 nitrogen and oxygen atoms in total. The molecule has 5 heteroatoms. The lowest BCUT2D eigenvalue weighted by Gasteiger charge is -2.20. The minimum Gasteiger partial charge on any atom is -0.394 e. The molecule has 0 aliphatic rings. The minimum atomic E-state index is 0.0927. The van der Waals surface area contributed by atoms with Gasteiger partial charge in [0.2, 0.25) is 0 Å². The minimum absolute atomic E-state index is 0.0927. The molecule has 0 saturated heterocycles. The summed E-state index contributed by atoms with van der Waals surface area (Å²) in [5.41, 5.74) is 1.25. The molecular formula is C13H25N3O2. The maximum absolute atomic E-state index is 8.64. The van der Waals surface area contributed by atoms with Gasteiger partial charge in [-0.05, 0) is 13.0 Å². The van der Waals surface area contributed by atoms with E-state index in [9.17, 15) is 0 Å². The van der Waals surface area contributed by atoms with E-state index in [1.807, 2.05) is 12.5 Å². The second-order valence-corrected chi connectivity index (χ2v) is 4.28. The highest BCUT2D eigenvalue weighted by Gasteiger charge is 2.07. The molecule has 1 aromatic rings. The highest BCUT2D eigenvalue weighted by molar-refractivity contribution is 4.98. The molecule has 1 N–H and O–H groups in total. The van der Waals surface area contributed by atoms with E-state index in [2.05, 4.69) is 28.3 Å². The molecule has 0 atom stereocenters. The van der Waals surface area contributed by atoms with E-state index >= 15 is 0 Å². The van der Waals surface area contributed by atoms with Crippen LogP contribution in [-0.2, 0) is 17.8 Å². The van der Waals surface area contributed by atoms with E-state index in [-0.39, 0.29) is 6.61 Å². The van der Waals surface area contributed by atoms with E-state index in [0.717, 1.165) is 32.6 Å². The van der Waals surface area contributed by atoms with Gasteiger partial charge in [0.15, 0.2) is 0 Å². The Labute approximate surface area is 109 Å². The largest absolute Gasteiger partial charge is 0.394 e. The van der Waals surface area contributed by atoms with E-state index < -0.39 is 0 Å². The molecule has 0 fully saturated rings. The molecule has 0 amide bonds. The van der Waals surface area contributed by atoms with Crippen LogP contribution in [0.4, 0.5) is 0 Å². The van der Waals surface area contributed by atoms with Gasteiger partial charge < -0.3 is 14.4 Å². The smallest absolute Gasteiger partial charge is 0.0948 e. The predicted molar refractivity (Wildman–Crippen MR) is 71.4 cm³/mol. The van der Waals surface area contributed by atoms with Crippen molar-refractivity contribution in [2.24, 2.45) is 0 Å². The lowest BCUT2D eigenvalue weighted by atomic mass is 10.3. The molecule has 0 radical (unpaired) electrons. The second-order valence-electron chi connectivity index (χ2n) is 4.28. The van der Waals surface area contributed by atoms with Crippen molar-refractivity contribution in [2.45, 2.75) is 33.4 Å². The molecule has 18 heavy (non-hydrogen) atoms. The van der Waals surface area contributed by atoms with Gasteiger partial charge in [-0.15, -0.1) is 0 Å². The quantitative estimate of drug-likeness (QED) is 0.637. The van der Waals surface area contributed by atoms with Crippen LogP contribution >= 0.6 is 0 Å². The number of rotatable bonds is 10. The number of likely N-dealkylation sites (N-methyl/N-ethyl adjacent to an activating group) is 1. The molecule has 1 aromatic heterocycles. The van der Waals surface area contributed by atoms with E-state index in [4.69, 9.17) is 9.84 Å². The zero-order chi connectivity index (χ0) is 13.2. The van der Waals surface area contributed by atoms with Crippen LogP contribution in [0.15, 0.2) is 12.5 Å². The van der Waals surface area contributed by atoms with Gasteiger partial charge >= 0.3 is 0 Å². The SMILES string of the molecule is CCCn1cncc1CN(CC)CCOCCO. The summed E-state index contributed by atoms with van der Waals surface area (Å²) < 4.78 is 7.50. The van der Waals surface area contributed by atoms with Gasteiger partial charge in [0, 0.05) is 25.8 Å². The molecule has 1 rings (SSSR count). The summed E-state index contributed by atoms with van der Waals surface area (Å²) in [4.78, 5) is 6.53. The number of ether oxygens (including phenoxy) is 1. The second kappa shape index (κ2) is 9.08. The van der Waals surface area contributed by atoms with Crippen LogP contribution < -0.4 is 0 Å². The molecule has 0 bridgehead atoms. The number of aryl methyl sites for hydroxylation is 1. The summed E-state index contributed by atoms with van der Waals surface area (Å²) in [7, 11) is 0. The average Bonchev–Trinajstić information content (AvgIpc) is 2.81. The van der Waals surface area contributed by atoms with Crippen molar-refractivity contribution in [1.29, 1.82) is 0 Å². The summed E-state index contributed by atoms with van der Waals surface area (Å²) in [6, 6.07) is 0. The Morgan fingerprint density at radius 3 is 2.89 bits per heavy atom. The Hall–Kier alpha value is -0.910. The maximum Gasteiger partial charge on any atom is 0.0948 e. The summed E-state index contributed by atoms with van der Waals surface area (Å²) in [6.45, 7) is 9.29. The molecule has 0 saturated carbocycles. The van der Waals surface area contributed by atoms with E-state index in [1.54, 1.807) is 0 Å². The molecule has 1 heterocycles. The molecule has 0 aliphatic carbocycles. The molecular weight excluding hydrogens is 230 g/mol. The van der Waals surface area contributed by atoms with Gasteiger partial charge in [0.25, 0.3) is 0 Å². The van der Waals surface area contributed by atoms with Gasteiger partial charge in [-0.1, -0.05) is 13.8 Å². The van der Waals surface area contributed by atoms with Crippen molar-refractivity contribution < 1.29 is 9.84 Å². The third kappa shape index (κ3) is 5.16. The first-order valence-corrected chi connectivity index (χ1v) is 6.71. The van der Waals surface area contributed by atoms with Crippen LogP contribution in [-0.4, -0.2) is 52.5 Å². The Morgan fingerprint density at radius 1 is 1.39 bits per heavy atom. The standard InChI is InChI=1S/C13H25N3O2/c1-3-5-16-12-14-10-13(16)11-15(4-2)6-8-18-9-7-17/h10,12,17H,3-9,11H2,1-2H3. The zero-order valence-corrected chi connectivity index (χ0v) is 11.5. The predicted octanol–water partition coefficient (Wildman–Crippen LogP) is 1.12. The highest BCUT2D eigenvalue weighted by atomic mass is 16.5. The fraction of sp³-hybridized carbons (Fsp3) is 0.769. The van der Waals surface area contributed by atoms with Crippen molar-refractivity contribution in [3.63, 3.8) is 0 Å². The third-order valence-corrected chi connectivity index (χ3v) is 2.88. The highest BCUT2D eigenvalue weighted by Crippen LogP contribution is 2.05. The fourth-order valence-corrected chi connectivity index (χ4v) is 1.86. The number of hydrogen-bond donors (Lipinski definition) is 1. The third-order valence-electron chi connectivity index (χ3n) is 2.88. The van der Waals surface area contributed by atoms with Crippen molar-refractivity contribution in [3.05, 3.63) is 18.2 Å². The monoisotopic (exact) mass is 255 g/mol. The van der Waals surface area contributed by atoms with Crippen LogP contribution in [0, 0.1) is 0 Å². The van der Waals surface area contributed by atoms with Crippen LogP contribution in [0.2, 0.25) is 0 Å². The first-order chi connectivity index (χ1) is 8.81. The lowest BCUT2D eigenvalue weighted by molar-refractivity contribution is 0.0727. The van der Waals surface area contributed by atoms with Gasteiger partial charge in [-0.25, -0.2) is 4.98 Å². The molecule has 0 unspecified atom stereocenters. The van der Waals surface area contributed by atoms with Gasteiger partial charge in [0.05, 0.1) is 31.8 Å². The summed E-state index contributed by atoms with van der Waals surface area (Å²) in [5.74, 6) is 0. The fourth-order valence-electron chi connectivity index (χ4n) is 1.86. The first kappa shape index (κ1) is 15.1. The average molecular weight is 255 g/mol. The van der Waals surface area contributed by atoms with Gasteiger partial charge in [-0.3, -0.25) is 4.90 Å². The Bertz CT molecular complexity index is 315. The number of aliphatic hydroxyl groups is 1. The number of nitrogens with zero attached hydrogens (tertiary/aromatic N) is 3. The van der Waals surface area contributed by atoms with Crippen molar-refractivity contribution in [2.75, 3.05) is 32.9 Å². The number of aliphatic hydroxyl groups excluding tert-OH is 1. The molecule has 0 aliphatic heterocycles. The Morgan fingerprint density at radius 2 is 2.22 bits per heavy atom. The number of hydrogen-bond acceptors (Lipinski definition) is 4. The van der Waals surface area contributed by atoms with Gasteiger partial charge in [0.1, 0.15) is 0 Å². The van der Waals surface area contributed by atoms with Crippen LogP contribution in [0.5, 0.6) is 0 Å². The summed E-state index contributed by atoms with van der Waals surface area (Å²) in [6.07, 6.45) is 4.96. The van der Waals surface area contributed by atoms with Crippen LogP contribution in [0.3, 0.4) is 0 Å². The number of imidazole rings is 1. The summed E-state index contributed by atoms with van der Waals surface area (Å²) >= 11 is 0. The Balaban J connectivity index is 2.39. The van der Waals surface area contributed by atoms with Crippen molar-refractivity contribution >= 4 is 0 Å². The van der Waals surface area contributed by atoms with Crippen molar-refractivity contribution in [3.8, 4) is 0 Å². The van der Waals surface area contributed by atoms with Crippen LogP contribution in [0.25, 0.3) is 0 Å². The lowest BCUT2D eigenvalue weighted by Crippen LogP contribution is -2.28. The van der Waals surface area contributed by atoms with Gasteiger partial charge in [-0.2, -0.15) is 0 Å². The van der Waals surface area contributed by atoms with E-state index in [1.165, 1.54) is 5.69 Å². The van der Waals surface area contributed by atoms with Crippen molar-refractivity contribution in [1.82, 2.24) is 14.5 Å². The normalized spacial score (nSPS) is 11.3. The number of aromatic nitrogens is 2. The Kier molecular flexibility index (Phi) is 7.64. The maximum atomic E-state index is 8.64. The van der Waals surface area contributed by atoms with E-state index in [0.29, 0.717) is 13.2 Å². The molecule has 0 aromatic carbocycles. The first-order valence-electron chi connectivity index (χ1n) is 6.71. The topological polar surface area (TPSA) is 50.5 Å². The molecule has 104 valence electrons. The zero-order valence-electron chi connectivity index (χ0n) is 11.5.